The number of unbranched alkanes of at least 4 members (excludes halogenated alkanes) is 2. The third kappa shape index (κ3) is 8.31. The molecule has 2 amide bonds. The molecule has 0 aliphatic heterocycles. The minimum absolute atomic E-state index is 0.208. The number of amides is 2. The van der Waals surface area contributed by atoms with Gasteiger partial charge in [-0.25, -0.2) is 0 Å². The van der Waals surface area contributed by atoms with Gasteiger partial charge in [-0.2, -0.15) is 0 Å². The van der Waals surface area contributed by atoms with E-state index in [1.54, 1.807) is 32.6 Å². The second-order valence-electron chi connectivity index (χ2n) is 11.3. The van der Waals surface area contributed by atoms with Crippen molar-refractivity contribution in [2.45, 2.75) is 52.1 Å². The number of methoxy groups -OCH3 is 1. The summed E-state index contributed by atoms with van der Waals surface area (Å²) in [5.74, 6) is -0.173. The first-order valence-corrected chi connectivity index (χ1v) is 14.6. The van der Waals surface area contributed by atoms with E-state index in [-0.39, 0.29) is 23.5 Å². The number of hydrogen-bond acceptors (Lipinski definition) is 8. The van der Waals surface area contributed by atoms with Crippen molar-refractivity contribution in [3.63, 3.8) is 0 Å². The summed E-state index contributed by atoms with van der Waals surface area (Å²) in [5, 5.41) is 9.68. The number of rotatable bonds is 12. The molecule has 10 nitrogen and oxygen atoms in total. The Hall–Kier alpha value is -4.99. The summed E-state index contributed by atoms with van der Waals surface area (Å²) in [5.41, 5.74) is 3.75. The summed E-state index contributed by atoms with van der Waals surface area (Å²) in [6.07, 6.45) is 5.77. The number of esters is 1. The molecule has 2 aromatic carbocycles. The Kier molecular flexibility index (Phi) is 10.5. The molecule has 44 heavy (non-hydrogen) atoms. The van der Waals surface area contributed by atoms with Crippen LogP contribution in [0.4, 0.5) is 11.4 Å². The maximum atomic E-state index is 12.8. The van der Waals surface area contributed by atoms with Gasteiger partial charge < -0.3 is 25.4 Å². The number of pyridine rings is 2. The van der Waals surface area contributed by atoms with Crippen LogP contribution in [0.2, 0.25) is 0 Å². The number of fused-ring (bicyclic) bond motifs is 1. The molecule has 230 valence electrons. The fraction of sp³-hybridized carbons (Fsp3) is 0.324. The zero-order valence-corrected chi connectivity index (χ0v) is 25.8. The Bertz CT molecular complexity index is 1620. The van der Waals surface area contributed by atoms with Crippen molar-refractivity contribution >= 4 is 40.1 Å². The second kappa shape index (κ2) is 14.5. The van der Waals surface area contributed by atoms with Gasteiger partial charge in [-0.15, -0.1) is 0 Å². The van der Waals surface area contributed by atoms with E-state index in [0.29, 0.717) is 41.9 Å². The fourth-order valence-corrected chi connectivity index (χ4v) is 4.67. The zero-order valence-electron chi connectivity index (χ0n) is 25.8. The molecule has 0 saturated carbocycles. The van der Waals surface area contributed by atoms with Crippen LogP contribution < -0.4 is 20.7 Å². The molecule has 4 aromatic rings. The van der Waals surface area contributed by atoms with Crippen molar-refractivity contribution in [2.75, 3.05) is 26.0 Å². The zero-order chi connectivity index (χ0) is 31.7. The van der Waals surface area contributed by atoms with Gasteiger partial charge in [0.2, 0.25) is 0 Å². The van der Waals surface area contributed by atoms with Crippen LogP contribution >= 0.6 is 0 Å². The van der Waals surface area contributed by atoms with Gasteiger partial charge in [0.05, 0.1) is 23.9 Å². The number of carbonyl (C=O) groups excluding carboxylic acids is 3. The first kappa shape index (κ1) is 31.9. The van der Waals surface area contributed by atoms with Gasteiger partial charge in [-0.3, -0.25) is 24.4 Å². The molecule has 0 unspecified atom stereocenters. The van der Waals surface area contributed by atoms with E-state index in [9.17, 15) is 14.4 Å². The Labute approximate surface area is 257 Å². The molecule has 0 fully saturated rings. The number of ether oxygens (including phenoxy) is 2. The Balaban J connectivity index is 1.49. The molecular weight excluding hydrogens is 558 g/mol. The third-order valence-corrected chi connectivity index (χ3v) is 6.77. The Morgan fingerprint density at radius 2 is 1.66 bits per heavy atom. The average molecular weight is 598 g/mol. The molecule has 0 spiro atoms. The molecule has 0 atom stereocenters. The highest BCUT2D eigenvalue weighted by Crippen LogP contribution is 2.38. The molecule has 3 N–H and O–H groups in total. The lowest BCUT2D eigenvalue weighted by Crippen LogP contribution is -2.25. The topological polar surface area (TPSA) is 132 Å². The lowest BCUT2D eigenvalue weighted by Gasteiger charge is -2.19. The third-order valence-electron chi connectivity index (χ3n) is 6.77. The summed E-state index contributed by atoms with van der Waals surface area (Å²) < 4.78 is 11.0. The Morgan fingerprint density at radius 3 is 2.32 bits per heavy atom. The SMILES string of the molecule is CNC(=O)c1cnc2cc(OC)c(-c3ccc(C(=O)NCCCCCC(=O)OC(C)(C)C)nc3)cc2c1Nc1ccccc1. The standard InChI is InChI=1S/C34H39N5O5/c1-34(2,3)44-30(40)14-10-7-11-17-36-33(42)27-16-15-22(20-37-27)24-18-25-28(19-29(24)43-5)38-21-26(32(41)35-4)31(25)39-23-12-8-6-9-13-23/h6,8-9,12-13,15-16,18-21H,7,10-11,14,17H2,1-5H3,(H,35,41)(H,36,42)(H,38,39). The minimum Gasteiger partial charge on any atom is -0.496 e. The van der Waals surface area contributed by atoms with Crippen LogP contribution in [-0.2, 0) is 9.53 Å². The van der Waals surface area contributed by atoms with Gasteiger partial charge in [0.25, 0.3) is 11.8 Å². The van der Waals surface area contributed by atoms with Crippen molar-refractivity contribution in [3.8, 4) is 16.9 Å². The second-order valence-corrected chi connectivity index (χ2v) is 11.3. The maximum absolute atomic E-state index is 12.8. The lowest BCUT2D eigenvalue weighted by molar-refractivity contribution is -0.154. The van der Waals surface area contributed by atoms with E-state index in [2.05, 4.69) is 25.9 Å². The van der Waals surface area contributed by atoms with E-state index < -0.39 is 5.60 Å². The highest BCUT2D eigenvalue weighted by molar-refractivity contribution is 6.09. The Morgan fingerprint density at radius 1 is 0.886 bits per heavy atom. The largest absolute Gasteiger partial charge is 0.496 e. The van der Waals surface area contributed by atoms with Gasteiger partial charge in [0.1, 0.15) is 17.0 Å². The average Bonchev–Trinajstić information content (AvgIpc) is 3.01. The first-order valence-electron chi connectivity index (χ1n) is 14.6. The van der Waals surface area contributed by atoms with E-state index in [0.717, 1.165) is 35.0 Å². The fourth-order valence-electron chi connectivity index (χ4n) is 4.67. The van der Waals surface area contributed by atoms with Crippen molar-refractivity contribution in [2.24, 2.45) is 0 Å². The number of nitrogens with zero attached hydrogens (tertiary/aromatic N) is 2. The molecule has 4 rings (SSSR count). The summed E-state index contributed by atoms with van der Waals surface area (Å²) in [6.45, 7) is 6.02. The summed E-state index contributed by atoms with van der Waals surface area (Å²) in [6, 6.07) is 16.8. The molecule has 0 radical (unpaired) electrons. The van der Waals surface area contributed by atoms with Crippen molar-refractivity contribution in [1.29, 1.82) is 0 Å². The lowest BCUT2D eigenvalue weighted by atomic mass is 10.0. The van der Waals surface area contributed by atoms with Crippen molar-refractivity contribution in [3.05, 3.63) is 78.2 Å². The number of hydrogen-bond donors (Lipinski definition) is 3. The van der Waals surface area contributed by atoms with Crippen LogP contribution in [0.1, 0.15) is 67.3 Å². The number of anilines is 2. The summed E-state index contributed by atoms with van der Waals surface area (Å²) >= 11 is 0. The monoisotopic (exact) mass is 597 g/mol. The van der Waals surface area contributed by atoms with Gasteiger partial charge in [0, 0.05) is 60.7 Å². The molecule has 0 saturated heterocycles. The van der Waals surface area contributed by atoms with E-state index in [1.165, 1.54) is 0 Å². The van der Waals surface area contributed by atoms with Crippen LogP contribution in [-0.4, -0.2) is 54.1 Å². The maximum Gasteiger partial charge on any atom is 0.306 e. The minimum atomic E-state index is -0.483. The van der Waals surface area contributed by atoms with Crippen LogP contribution in [0.25, 0.3) is 22.0 Å². The van der Waals surface area contributed by atoms with Gasteiger partial charge >= 0.3 is 5.97 Å². The normalized spacial score (nSPS) is 11.1. The quantitative estimate of drug-likeness (QED) is 0.133. The molecule has 2 heterocycles. The van der Waals surface area contributed by atoms with Gasteiger partial charge in [-0.05, 0) is 57.9 Å². The molecule has 2 aromatic heterocycles. The predicted molar refractivity (Wildman–Crippen MR) is 171 cm³/mol. The van der Waals surface area contributed by atoms with E-state index >= 15 is 0 Å². The van der Waals surface area contributed by atoms with Crippen LogP contribution in [0.15, 0.2) is 67.0 Å². The van der Waals surface area contributed by atoms with Gasteiger partial charge in [-0.1, -0.05) is 30.7 Å². The molecule has 10 heteroatoms. The van der Waals surface area contributed by atoms with E-state index in [4.69, 9.17) is 9.47 Å². The van der Waals surface area contributed by atoms with Crippen molar-refractivity contribution < 1.29 is 23.9 Å². The predicted octanol–water partition coefficient (Wildman–Crippen LogP) is 6.04. The molecular formula is C34H39N5O5. The highest BCUT2D eigenvalue weighted by Gasteiger charge is 2.19. The van der Waals surface area contributed by atoms with Gasteiger partial charge in [0.15, 0.2) is 0 Å². The van der Waals surface area contributed by atoms with Crippen LogP contribution in [0, 0.1) is 0 Å². The molecule has 0 aliphatic carbocycles. The summed E-state index contributed by atoms with van der Waals surface area (Å²) in [7, 11) is 3.16. The smallest absolute Gasteiger partial charge is 0.306 e. The van der Waals surface area contributed by atoms with Crippen LogP contribution in [0.3, 0.4) is 0 Å². The van der Waals surface area contributed by atoms with Crippen LogP contribution in [0.5, 0.6) is 5.75 Å². The molecule has 0 aliphatic rings. The number of para-hydroxylation sites is 1. The summed E-state index contributed by atoms with van der Waals surface area (Å²) in [4.78, 5) is 46.2. The number of nitrogens with one attached hydrogen (secondary N) is 3. The highest BCUT2D eigenvalue weighted by atomic mass is 16.6. The molecule has 0 bridgehead atoms. The number of carbonyl (C=O) groups is 3. The van der Waals surface area contributed by atoms with E-state index in [1.807, 2.05) is 69.3 Å². The number of benzene rings is 2. The number of aromatic nitrogens is 2. The van der Waals surface area contributed by atoms with Crippen molar-refractivity contribution in [1.82, 2.24) is 20.6 Å². The first-order chi connectivity index (χ1) is 21.1.